The lowest BCUT2D eigenvalue weighted by atomic mass is 10.1. The molecule has 0 spiro atoms. The number of nitrogens with zero attached hydrogens (tertiary/aromatic N) is 1. The Morgan fingerprint density at radius 1 is 1.55 bits per heavy atom. The number of halogens is 1. The maximum absolute atomic E-state index is 13.7. The highest BCUT2D eigenvalue weighted by Crippen LogP contribution is 2.24. The number of thiophene rings is 1. The summed E-state index contributed by atoms with van der Waals surface area (Å²) in [6.07, 6.45) is 1.32. The van der Waals surface area contributed by atoms with Crippen molar-refractivity contribution in [3.63, 3.8) is 0 Å². The van der Waals surface area contributed by atoms with Crippen LogP contribution in [0.4, 0.5) is 4.39 Å². The first-order chi connectivity index (χ1) is 9.72. The van der Waals surface area contributed by atoms with Gasteiger partial charge in [0, 0.05) is 43.2 Å². The van der Waals surface area contributed by atoms with Gasteiger partial charge < -0.3 is 10.1 Å². The van der Waals surface area contributed by atoms with E-state index in [1.165, 1.54) is 4.88 Å². The maximum Gasteiger partial charge on any atom is 0.114 e. The van der Waals surface area contributed by atoms with Crippen molar-refractivity contribution in [1.29, 1.82) is 0 Å². The van der Waals surface area contributed by atoms with E-state index >= 15 is 0 Å². The number of nitrogens with one attached hydrogen (secondary N) is 1. The van der Waals surface area contributed by atoms with Gasteiger partial charge in [-0.3, -0.25) is 4.90 Å². The van der Waals surface area contributed by atoms with E-state index in [1.807, 2.05) is 0 Å². The molecule has 4 atom stereocenters. The Labute approximate surface area is 124 Å². The van der Waals surface area contributed by atoms with Gasteiger partial charge in [-0.05, 0) is 31.2 Å². The molecule has 5 heteroatoms. The Morgan fingerprint density at radius 3 is 3.15 bits per heavy atom. The van der Waals surface area contributed by atoms with Crippen LogP contribution < -0.4 is 5.32 Å². The molecule has 0 unspecified atom stereocenters. The third kappa shape index (κ3) is 3.39. The van der Waals surface area contributed by atoms with Crippen molar-refractivity contribution in [2.45, 2.75) is 50.7 Å². The molecule has 2 saturated heterocycles. The minimum absolute atomic E-state index is 0.281. The van der Waals surface area contributed by atoms with Crippen LogP contribution in [0.25, 0.3) is 0 Å². The topological polar surface area (TPSA) is 24.5 Å². The van der Waals surface area contributed by atoms with Crippen molar-refractivity contribution in [3.05, 3.63) is 22.4 Å². The van der Waals surface area contributed by atoms with E-state index in [0.717, 1.165) is 26.1 Å². The van der Waals surface area contributed by atoms with E-state index in [2.05, 4.69) is 34.7 Å². The van der Waals surface area contributed by atoms with Gasteiger partial charge in [0.1, 0.15) is 6.17 Å². The fourth-order valence-electron chi connectivity index (χ4n) is 3.22. The summed E-state index contributed by atoms with van der Waals surface area (Å²) in [7, 11) is 0. The molecule has 1 N–H and O–H groups in total. The highest BCUT2D eigenvalue weighted by atomic mass is 32.1. The zero-order chi connectivity index (χ0) is 13.9. The summed E-state index contributed by atoms with van der Waals surface area (Å²) in [5.41, 5.74) is 0. The predicted octanol–water partition coefficient (Wildman–Crippen LogP) is 2.43. The summed E-state index contributed by atoms with van der Waals surface area (Å²) in [4.78, 5) is 3.60. The fraction of sp³-hybridized carbons (Fsp3) is 0.733. The third-order valence-electron chi connectivity index (χ3n) is 4.41. The molecular weight excluding hydrogens is 275 g/mol. The summed E-state index contributed by atoms with van der Waals surface area (Å²) in [5.74, 6) is 0. The second-order valence-corrected chi connectivity index (χ2v) is 6.91. The van der Waals surface area contributed by atoms with Crippen LogP contribution in [0, 0.1) is 0 Å². The highest BCUT2D eigenvalue weighted by Gasteiger charge is 2.33. The largest absolute Gasteiger partial charge is 0.377 e. The molecule has 0 amide bonds. The summed E-state index contributed by atoms with van der Waals surface area (Å²) in [6, 6.07) is 4.93. The number of alkyl halides is 1. The SMILES string of the molecule is C[C@@H]1OCC[C@@H]1NC[C@@H]1C[C@H](F)CN1Cc1cccs1. The molecule has 0 saturated carbocycles. The Hall–Kier alpha value is -0.490. The summed E-state index contributed by atoms with van der Waals surface area (Å²) in [5, 5.41) is 5.66. The second kappa shape index (κ2) is 6.52. The molecule has 20 heavy (non-hydrogen) atoms. The molecule has 2 aliphatic rings. The van der Waals surface area contributed by atoms with Gasteiger partial charge >= 0.3 is 0 Å². The Morgan fingerprint density at radius 2 is 2.45 bits per heavy atom. The molecule has 0 aromatic carbocycles. The van der Waals surface area contributed by atoms with Gasteiger partial charge in [0.2, 0.25) is 0 Å². The van der Waals surface area contributed by atoms with Crippen molar-refractivity contribution in [2.24, 2.45) is 0 Å². The van der Waals surface area contributed by atoms with E-state index < -0.39 is 6.17 Å². The zero-order valence-corrected chi connectivity index (χ0v) is 12.7. The lowest BCUT2D eigenvalue weighted by Gasteiger charge is -2.26. The van der Waals surface area contributed by atoms with Crippen molar-refractivity contribution >= 4 is 11.3 Å². The minimum Gasteiger partial charge on any atom is -0.377 e. The minimum atomic E-state index is -0.681. The Bertz CT molecular complexity index is 414. The highest BCUT2D eigenvalue weighted by molar-refractivity contribution is 7.09. The molecule has 1 aromatic heterocycles. The van der Waals surface area contributed by atoms with Crippen LogP contribution in [0.15, 0.2) is 17.5 Å². The maximum atomic E-state index is 13.7. The van der Waals surface area contributed by atoms with E-state index in [9.17, 15) is 4.39 Å². The van der Waals surface area contributed by atoms with Crippen LogP contribution in [-0.4, -0.2) is 49.0 Å². The van der Waals surface area contributed by atoms with Gasteiger partial charge in [-0.1, -0.05) is 6.07 Å². The quantitative estimate of drug-likeness (QED) is 0.903. The smallest absolute Gasteiger partial charge is 0.114 e. The monoisotopic (exact) mass is 298 g/mol. The molecule has 2 fully saturated rings. The third-order valence-corrected chi connectivity index (χ3v) is 5.27. The predicted molar refractivity (Wildman–Crippen MR) is 79.9 cm³/mol. The lowest BCUT2D eigenvalue weighted by Crippen LogP contribution is -2.43. The molecule has 2 aliphatic heterocycles. The van der Waals surface area contributed by atoms with Crippen molar-refractivity contribution in [3.8, 4) is 0 Å². The first-order valence-corrected chi connectivity index (χ1v) is 8.36. The van der Waals surface area contributed by atoms with Gasteiger partial charge in [-0.25, -0.2) is 4.39 Å². The number of ether oxygens (including phenoxy) is 1. The molecule has 3 nitrogen and oxygen atoms in total. The molecule has 1 aromatic rings. The molecular formula is C15H23FN2OS. The molecule has 3 heterocycles. The number of hydrogen-bond acceptors (Lipinski definition) is 4. The van der Waals surface area contributed by atoms with Crippen LogP contribution >= 0.6 is 11.3 Å². The Balaban J connectivity index is 1.53. The van der Waals surface area contributed by atoms with E-state index in [4.69, 9.17) is 4.74 Å². The summed E-state index contributed by atoms with van der Waals surface area (Å²) in [6.45, 7) is 5.26. The average Bonchev–Trinajstić information content (AvgIpc) is 3.11. The molecule has 0 radical (unpaired) electrons. The van der Waals surface area contributed by atoms with Crippen molar-refractivity contribution in [2.75, 3.05) is 19.7 Å². The second-order valence-electron chi connectivity index (χ2n) is 5.87. The number of hydrogen-bond donors (Lipinski definition) is 1. The molecule has 0 aliphatic carbocycles. The normalized spacial score (nSPS) is 34.9. The molecule has 3 rings (SSSR count). The first-order valence-electron chi connectivity index (χ1n) is 7.48. The first kappa shape index (κ1) is 14.4. The van der Waals surface area contributed by atoms with Gasteiger partial charge in [-0.2, -0.15) is 0 Å². The summed E-state index contributed by atoms with van der Waals surface area (Å²) >= 11 is 1.75. The van der Waals surface area contributed by atoms with Crippen LogP contribution in [0.1, 0.15) is 24.6 Å². The van der Waals surface area contributed by atoms with Crippen LogP contribution in [0.5, 0.6) is 0 Å². The average molecular weight is 298 g/mol. The molecule has 112 valence electrons. The number of likely N-dealkylation sites (tertiary alicyclic amines) is 1. The van der Waals surface area contributed by atoms with Crippen LogP contribution in [0.3, 0.4) is 0 Å². The van der Waals surface area contributed by atoms with Gasteiger partial charge in [-0.15, -0.1) is 11.3 Å². The molecule has 0 bridgehead atoms. The van der Waals surface area contributed by atoms with E-state index in [0.29, 0.717) is 25.0 Å². The van der Waals surface area contributed by atoms with Crippen molar-refractivity contribution < 1.29 is 9.13 Å². The number of rotatable bonds is 5. The van der Waals surface area contributed by atoms with Crippen molar-refractivity contribution in [1.82, 2.24) is 10.2 Å². The zero-order valence-electron chi connectivity index (χ0n) is 11.9. The van der Waals surface area contributed by atoms with Crippen LogP contribution in [-0.2, 0) is 11.3 Å². The van der Waals surface area contributed by atoms with Gasteiger partial charge in [0.25, 0.3) is 0 Å². The van der Waals surface area contributed by atoms with Crippen LogP contribution in [0.2, 0.25) is 0 Å². The van der Waals surface area contributed by atoms with Gasteiger partial charge in [0.15, 0.2) is 0 Å². The van der Waals surface area contributed by atoms with E-state index in [-0.39, 0.29) is 6.10 Å². The lowest BCUT2D eigenvalue weighted by molar-refractivity contribution is 0.111. The van der Waals surface area contributed by atoms with Gasteiger partial charge in [0.05, 0.1) is 6.10 Å². The summed E-state index contributed by atoms with van der Waals surface area (Å²) < 4.78 is 19.3. The Kier molecular flexibility index (Phi) is 4.71. The fourth-order valence-corrected chi connectivity index (χ4v) is 3.95. The standard InChI is InChI=1S/C15H23FN2OS/c1-11-15(4-5-19-11)17-8-13-7-12(16)9-18(13)10-14-3-2-6-20-14/h2-3,6,11-13,15,17H,4-5,7-10H2,1H3/t11-,12-,13-,15-/m0/s1. The van der Waals surface area contributed by atoms with E-state index in [1.54, 1.807) is 11.3 Å².